The molecule has 0 aromatic rings. The number of ether oxygens (including phenoxy) is 4. The van der Waals surface area contributed by atoms with Gasteiger partial charge < -0.3 is 41.1 Å². The summed E-state index contributed by atoms with van der Waals surface area (Å²) in [4.78, 5) is 12.8. The lowest BCUT2D eigenvalue weighted by atomic mass is 9.78. The third kappa shape index (κ3) is 19.0. The van der Waals surface area contributed by atoms with Crippen LogP contribution in [0.1, 0.15) is 177 Å². The van der Waals surface area contributed by atoms with Gasteiger partial charge in [-0.15, -0.1) is 0 Å². The van der Waals surface area contributed by atoms with Crippen molar-refractivity contribution >= 4 is 47.6 Å². The van der Waals surface area contributed by atoms with Crippen LogP contribution in [0.4, 0.5) is 0 Å². The second kappa shape index (κ2) is 30.3. The smallest absolute Gasteiger partial charge is 0.311 e. The van der Waals surface area contributed by atoms with Crippen LogP contribution < -0.4 is 0 Å². The van der Waals surface area contributed by atoms with Crippen molar-refractivity contribution in [2.45, 2.75) is 322 Å². The van der Waals surface area contributed by atoms with E-state index in [1.807, 2.05) is 40.0 Å². The molecule has 0 unspecified atom stereocenters. The average molecular weight is 1170 g/mol. The quantitative estimate of drug-likeness (QED) is 0.0208. The number of hydrogen-bond acceptors (Lipinski definition) is 10. The standard InChI is InChI=1S/C62H124O10Si5/c1-28-38-41-50(68-73(24,25)60(17,18)19)44-47(11)45-52-56(71-76(32-5,33-6)34-7)54(70-75(29-2,30-3)31-4)49(13)55(66-52)57(72-77(35-8,36-9)37-10)62(64-23)46-53(69-74(26,27)61(20,21)22)48(12)51(67-62)42-39-40-43-65-58(63)59(14,15)16/h28,38,41,48-57H,1,11,29-37,39-40,42-46H2,2-10,12-27H3/b41-38+/t48-,49+,50+,51+,52+,53-,54+,55+,56+,57-,62+/m0/s1. The van der Waals surface area contributed by atoms with Gasteiger partial charge in [0.05, 0.1) is 54.7 Å². The van der Waals surface area contributed by atoms with Crippen molar-refractivity contribution in [3.63, 3.8) is 0 Å². The van der Waals surface area contributed by atoms with Crippen LogP contribution in [-0.2, 0) is 45.9 Å². The molecule has 15 heteroatoms. The Balaban J connectivity index is 3.15. The minimum atomic E-state index is -2.45. The topological polar surface area (TPSA) is 100 Å². The van der Waals surface area contributed by atoms with E-state index in [0.717, 1.165) is 79.2 Å². The molecule has 2 aliphatic rings. The van der Waals surface area contributed by atoms with Gasteiger partial charge in [0.25, 0.3) is 0 Å². The van der Waals surface area contributed by atoms with Gasteiger partial charge in [0.2, 0.25) is 0 Å². The Morgan fingerprint density at radius 1 is 0.675 bits per heavy atom. The van der Waals surface area contributed by atoms with Gasteiger partial charge in [-0.2, -0.15) is 0 Å². The highest BCUT2D eigenvalue weighted by atomic mass is 28.4. The van der Waals surface area contributed by atoms with E-state index in [0.29, 0.717) is 25.9 Å². The maximum atomic E-state index is 12.8. The predicted octanol–water partition coefficient (Wildman–Crippen LogP) is 17.9. The molecule has 0 radical (unpaired) electrons. The highest BCUT2D eigenvalue weighted by Crippen LogP contribution is 2.50. The number of esters is 1. The Hall–Kier alpha value is -0.546. The third-order valence-corrected chi connectivity index (χ3v) is 42.7. The molecule has 0 aromatic carbocycles. The molecule has 452 valence electrons. The minimum Gasteiger partial charge on any atom is -0.465 e. The lowest BCUT2D eigenvalue weighted by Gasteiger charge is -2.58. The molecule has 0 aromatic heterocycles. The Bertz CT molecular complexity index is 1780. The van der Waals surface area contributed by atoms with Crippen molar-refractivity contribution in [2.75, 3.05) is 13.7 Å². The molecule has 0 bridgehead atoms. The number of hydrogen-bond donors (Lipinski definition) is 0. The number of carbonyl (C=O) groups is 1. The Morgan fingerprint density at radius 2 is 1.17 bits per heavy atom. The van der Waals surface area contributed by atoms with Crippen molar-refractivity contribution in [1.82, 2.24) is 0 Å². The summed E-state index contributed by atoms with van der Waals surface area (Å²) in [6.07, 6.45) is 7.35. The second-order valence-electron chi connectivity index (χ2n) is 27.7. The molecule has 2 fully saturated rings. The highest BCUT2D eigenvalue weighted by Gasteiger charge is 2.61. The fourth-order valence-corrected chi connectivity index (χ4v) is 22.5. The predicted molar refractivity (Wildman–Crippen MR) is 339 cm³/mol. The lowest BCUT2D eigenvalue weighted by molar-refractivity contribution is -0.353. The van der Waals surface area contributed by atoms with Crippen molar-refractivity contribution in [3.05, 3.63) is 37.0 Å². The molecule has 2 saturated heterocycles. The fraction of sp³-hybridized carbons (Fsp3) is 0.887. The van der Waals surface area contributed by atoms with Gasteiger partial charge in [-0.05, 0) is 144 Å². The summed E-state index contributed by atoms with van der Waals surface area (Å²) >= 11 is 0. The first-order valence-electron chi connectivity index (χ1n) is 30.9. The number of rotatable bonds is 33. The van der Waals surface area contributed by atoms with Crippen molar-refractivity contribution in [2.24, 2.45) is 17.3 Å². The zero-order chi connectivity index (χ0) is 59.2. The van der Waals surface area contributed by atoms with Gasteiger partial charge in [0.15, 0.2) is 47.4 Å². The van der Waals surface area contributed by atoms with Crippen molar-refractivity contribution < 1.29 is 45.9 Å². The first-order chi connectivity index (χ1) is 35.5. The van der Waals surface area contributed by atoms with Crippen LogP contribution >= 0.6 is 0 Å². The van der Waals surface area contributed by atoms with E-state index in [1.54, 1.807) is 0 Å². The molecule has 11 atom stereocenters. The van der Waals surface area contributed by atoms with Crippen molar-refractivity contribution in [3.8, 4) is 0 Å². The number of methoxy groups -OCH3 is 1. The van der Waals surface area contributed by atoms with E-state index < -0.39 is 71.1 Å². The summed E-state index contributed by atoms with van der Waals surface area (Å²) in [5.41, 5.74) is 0.508. The average Bonchev–Trinajstić information content (AvgIpc) is 3.36. The molecule has 0 amide bonds. The normalized spacial score (nSPS) is 26.5. The fourth-order valence-electron chi connectivity index (χ4n) is 11.1. The summed E-state index contributed by atoms with van der Waals surface area (Å²) in [6.45, 7) is 63.8. The lowest BCUT2D eigenvalue weighted by Crippen LogP contribution is -2.70. The number of carbonyl (C=O) groups excluding carboxylic acids is 1. The van der Waals surface area contributed by atoms with Crippen molar-refractivity contribution in [1.29, 1.82) is 0 Å². The van der Waals surface area contributed by atoms with E-state index in [9.17, 15) is 4.79 Å². The zero-order valence-electron chi connectivity index (χ0n) is 54.8. The van der Waals surface area contributed by atoms with Gasteiger partial charge in [-0.25, -0.2) is 0 Å². The van der Waals surface area contributed by atoms with Crippen LogP contribution in [0.3, 0.4) is 0 Å². The van der Waals surface area contributed by atoms with E-state index in [2.05, 4.69) is 157 Å². The number of allylic oxidation sites excluding steroid dienone is 2. The summed E-state index contributed by atoms with van der Waals surface area (Å²) in [7, 11) is -9.68. The van der Waals surface area contributed by atoms with Crippen LogP contribution in [0.5, 0.6) is 0 Å². The molecule has 2 rings (SSSR count). The van der Waals surface area contributed by atoms with Gasteiger partial charge in [-0.1, -0.05) is 155 Å². The largest absolute Gasteiger partial charge is 0.465 e. The molecule has 0 aliphatic carbocycles. The molecule has 77 heavy (non-hydrogen) atoms. The van der Waals surface area contributed by atoms with Gasteiger partial charge in [-0.3, -0.25) is 4.79 Å². The Morgan fingerprint density at radius 3 is 1.61 bits per heavy atom. The van der Waals surface area contributed by atoms with Gasteiger partial charge in [0.1, 0.15) is 6.10 Å². The second-order valence-corrected chi connectivity index (χ2v) is 51.3. The van der Waals surface area contributed by atoms with Crippen LogP contribution in [0.15, 0.2) is 37.0 Å². The number of unbranched alkanes of at least 4 members (excludes halogenated alkanes) is 1. The Labute approximate surface area is 481 Å². The minimum absolute atomic E-state index is 0.0214. The molecule has 10 nitrogen and oxygen atoms in total. The Kier molecular flexibility index (Phi) is 28.6. The van der Waals surface area contributed by atoms with E-state index in [-0.39, 0.29) is 58.4 Å². The molecule has 2 aliphatic heterocycles. The molecular formula is C62H124O10Si5. The zero-order valence-corrected chi connectivity index (χ0v) is 59.8. The maximum absolute atomic E-state index is 12.8. The van der Waals surface area contributed by atoms with Crippen LogP contribution in [0.2, 0.25) is 90.7 Å². The van der Waals surface area contributed by atoms with E-state index in [4.69, 9.17) is 47.7 Å². The monoisotopic (exact) mass is 1170 g/mol. The van der Waals surface area contributed by atoms with Gasteiger partial charge in [0, 0.05) is 25.4 Å². The SMILES string of the molecule is C=C/C=C/[C@H](CC(=C)C[C@H]1O[C@@H]([C@H](O[Si](CC)(CC)CC)[C@@]2(OC)C[C@H](O[Si](C)(C)C(C)(C)C)[C@@H](C)[C@@H](CCCCOC(=O)C(C)(C)C)O2)[C@H](C)[C@@H](O[Si](CC)(CC)CC)[C@@H]1O[Si](CC)(CC)CC)O[Si](C)(C)C(C)(C)C. The molecule has 0 spiro atoms. The first-order valence-corrected chi connectivity index (χ1v) is 44.4. The highest BCUT2D eigenvalue weighted by molar-refractivity contribution is 6.75. The van der Waals surface area contributed by atoms with E-state index >= 15 is 0 Å². The molecule has 0 saturated carbocycles. The van der Waals surface area contributed by atoms with Gasteiger partial charge >= 0.3 is 5.97 Å². The molecule has 0 N–H and O–H groups in total. The van der Waals surface area contributed by atoms with E-state index in [1.165, 1.54) is 0 Å². The third-order valence-electron chi connectivity index (χ3n) is 19.8. The van der Waals surface area contributed by atoms with Crippen LogP contribution in [0.25, 0.3) is 0 Å². The first kappa shape index (κ1) is 72.6. The van der Waals surface area contributed by atoms with Crippen LogP contribution in [0, 0.1) is 17.3 Å². The van der Waals surface area contributed by atoms with Crippen LogP contribution in [-0.4, -0.2) is 116 Å². The summed E-state index contributed by atoms with van der Waals surface area (Å²) in [6, 6.07) is 8.93. The molecular weight excluding hydrogens is 1050 g/mol. The summed E-state index contributed by atoms with van der Waals surface area (Å²) < 4.78 is 67.4. The summed E-state index contributed by atoms with van der Waals surface area (Å²) in [5, 5.41) is 0.0109. The summed E-state index contributed by atoms with van der Waals surface area (Å²) in [5.74, 6) is -1.51. The maximum Gasteiger partial charge on any atom is 0.311 e. The molecule has 2 heterocycles.